The molecule has 46 valence electrons. The minimum atomic E-state index is -0.432. The van der Waals surface area contributed by atoms with Gasteiger partial charge in [-0.15, -0.1) is 11.8 Å². The largest absolute Gasteiger partial charge is 0.264 e. The summed E-state index contributed by atoms with van der Waals surface area (Å²) in [4.78, 5) is 9.24. The van der Waals surface area contributed by atoms with Crippen LogP contribution in [0.1, 0.15) is 0 Å². The zero-order chi connectivity index (χ0) is 6.57. The van der Waals surface area contributed by atoms with Crippen molar-refractivity contribution in [2.75, 3.05) is 12.8 Å². The lowest BCUT2D eigenvalue weighted by Crippen LogP contribution is -2.06. The Balaban J connectivity index is 3.40. The van der Waals surface area contributed by atoms with Crippen LogP contribution in [0.15, 0.2) is 0 Å². The Bertz CT molecular complexity index is 114. The SMILES string of the molecule is CSC(=S)C[N+](=O)[O-]. The Labute approximate surface area is 56.6 Å². The number of hydrogen-bond acceptors (Lipinski definition) is 4. The molecule has 5 heteroatoms. The van der Waals surface area contributed by atoms with E-state index in [-0.39, 0.29) is 6.54 Å². The second kappa shape index (κ2) is 3.80. The first-order valence-electron chi connectivity index (χ1n) is 1.85. The second-order valence-electron chi connectivity index (χ2n) is 1.07. The molecule has 0 rings (SSSR count). The summed E-state index contributed by atoms with van der Waals surface area (Å²) in [6, 6.07) is 0. The number of rotatable bonds is 2. The quantitative estimate of drug-likeness (QED) is 0.335. The summed E-state index contributed by atoms with van der Waals surface area (Å²) in [5.74, 6) is 0. The molecule has 0 saturated heterocycles. The molecule has 3 nitrogen and oxygen atoms in total. The predicted molar refractivity (Wildman–Crippen MR) is 38.0 cm³/mol. The topological polar surface area (TPSA) is 43.1 Å². The van der Waals surface area contributed by atoms with Crippen LogP contribution >= 0.6 is 24.0 Å². The zero-order valence-corrected chi connectivity index (χ0v) is 5.92. The van der Waals surface area contributed by atoms with Gasteiger partial charge in [-0.25, -0.2) is 0 Å². The van der Waals surface area contributed by atoms with Crippen LogP contribution < -0.4 is 0 Å². The molecule has 0 unspecified atom stereocenters. The number of thiocarbonyl (C=S) groups is 1. The maximum absolute atomic E-state index is 9.67. The van der Waals surface area contributed by atoms with E-state index in [2.05, 4.69) is 12.2 Å². The van der Waals surface area contributed by atoms with Crippen LogP contribution in [0.5, 0.6) is 0 Å². The number of nitro groups is 1. The first-order valence-corrected chi connectivity index (χ1v) is 3.48. The van der Waals surface area contributed by atoms with Crippen molar-refractivity contribution in [2.24, 2.45) is 0 Å². The molecule has 0 radical (unpaired) electrons. The third-order valence-electron chi connectivity index (χ3n) is 0.486. The molecule has 0 atom stereocenters. The number of thioether (sulfide) groups is 1. The summed E-state index contributed by atoms with van der Waals surface area (Å²) in [7, 11) is 0. The van der Waals surface area contributed by atoms with Crippen molar-refractivity contribution in [3.05, 3.63) is 10.1 Å². The van der Waals surface area contributed by atoms with E-state index in [0.717, 1.165) is 0 Å². The maximum atomic E-state index is 9.67. The van der Waals surface area contributed by atoms with Gasteiger partial charge >= 0.3 is 0 Å². The van der Waals surface area contributed by atoms with Gasteiger partial charge in [-0.2, -0.15) is 0 Å². The highest BCUT2D eigenvalue weighted by Crippen LogP contribution is 1.96. The molecule has 0 aromatic heterocycles. The van der Waals surface area contributed by atoms with Gasteiger partial charge in [-0.05, 0) is 6.26 Å². The summed E-state index contributed by atoms with van der Waals surface area (Å²) in [5.41, 5.74) is 0. The highest BCUT2D eigenvalue weighted by Gasteiger charge is 2.00. The molecule has 0 spiro atoms. The molecule has 0 fully saturated rings. The van der Waals surface area contributed by atoms with E-state index in [1.807, 2.05) is 0 Å². The molecule has 0 aliphatic heterocycles. The first-order chi connectivity index (χ1) is 3.66. The zero-order valence-electron chi connectivity index (χ0n) is 4.29. The molecule has 0 heterocycles. The normalized spacial score (nSPS) is 8.62. The maximum Gasteiger partial charge on any atom is 0.244 e. The van der Waals surface area contributed by atoms with Crippen molar-refractivity contribution in [3.63, 3.8) is 0 Å². The van der Waals surface area contributed by atoms with Crippen molar-refractivity contribution in [1.29, 1.82) is 0 Å². The van der Waals surface area contributed by atoms with Gasteiger partial charge in [-0.1, -0.05) is 12.2 Å². The van der Waals surface area contributed by atoms with Crippen LogP contribution in [-0.4, -0.2) is 21.9 Å². The lowest BCUT2D eigenvalue weighted by atomic mass is 10.8. The summed E-state index contributed by atoms with van der Waals surface area (Å²) < 4.78 is 0.426. The van der Waals surface area contributed by atoms with E-state index in [0.29, 0.717) is 4.20 Å². The third kappa shape index (κ3) is 4.01. The standard InChI is InChI=1S/C3H5NO2S2/c1-8-3(7)2-4(5)6/h2H2,1H3. The molecule has 0 amide bonds. The monoisotopic (exact) mass is 151 g/mol. The fraction of sp³-hybridized carbons (Fsp3) is 0.667. The fourth-order valence-corrected chi connectivity index (χ4v) is 0.510. The Hall–Kier alpha value is -0.160. The van der Waals surface area contributed by atoms with Crippen LogP contribution in [0.4, 0.5) is 0 Å². The number of nitrogens with zero attached hydrogens (tertiary/aromatic N) is 1. The molecular weight excluding hydrogens is 146 g/mol. The Morgan fingerprint density at radius 1 is 2.00 bits per heavy atom. The van der Waals surface area contributed by atoms with Gasteiger partial charge in [0.05, 0.1) is 0 Å². The van der Waals surface area contributed by atoms with Crippen molar-refractivity contribution in [2.45, 2.75) is 0 Å². The van der Waals surface area contributed by atoms with Crippen molar-refractivity contribution in [3.8, 4) is 0 Å². The minimum Gasteiger partial charge on any atom is -0.264 e. The molecule has 0 aromatic rings. The average molecular weight is 151 g/mol. The van der Waals surface area contributed by atoms with Crippen LogP contribution in [0.25, 0.3) is 0 Å². The van der Waals surface area contributed by atoms with E-state index in [1.54, 1.807) is 6.26 Å². The van der Waals surface area contributed by atoms with Crippen molar-refractivity contribution in [1.82, 2.24) is 0 Å². The van der Waals surface area contributed by atoms with Gasteiger partial charge in [-0.3, -0.25) is 10.1 Å². The minimum absolute atomic E-state index is 0.198. The summed E-state index contributed by atoms with van der Waals surface area (Å²) >= 11 is 5.80. The summed E-state index contributed by atoms with van der Waals surface area (Å²) in [5, 5.41) is 9.67. The highest BCUT2D eigenvalue weighted by atomic mass is 32.2. The molecule has 8 heavy (non-hydrogen) atoms. The van der Waals surface area contributed by atoms with Gasteiger partial charge in [0, 0.05) is 4.92 Å². The first kappa shape index (κ1) is 7.84. The van der Waals surface area contributed by atoms with Gasteiger partial charge in [0.2, 0.25) is 6.54 Å². The molecular formula is C3H5NO2S2. The lowest BCUT2D eigenvalue weighted by Gasteiger charge is -1.88. The van der Waals surface area contributed by atoms with E-state index in [9.17, 15) is 10.1 Å². The Kier molecular flexibility index (Phi) is 3.72. The summed E-state index contributed by atoms with van der Waals surface area (Å²) in [6.07, 6.45) is 1.73. The van der Waals surface area contributed by atoms with Gasteiger partial charge in [0.25, 0.3) is 0 Å². The molecule has 0 N–H and O–H groups in total. The smallest absolute Gasteiger partial charge is 0.244 e. The van der Waals surface area contributed by atoms with Gasteiger partial charge < -0.3 is 0 Å². The molecule has 0 aromatic carbocycles. The Morgan fingerprint density at radius 3 is 2.62 bits per heavy atom. The molecule has 0 aliphatic rings. The van der Waals surface area contributed by atoms with Crippen LogP contribution in [0.2, 0.25) is 0 Å². The second-order valence-corrected chi connectivity index (χ2v) is 2.72. The molecule has 0 bridgehead atoms. The summed E-state index contributed by atoms with van der Waals surface area (Å²) in [6.45, 7) is -0.198. The average Bonchev–Trinajstić information content (AvgIpc) is 1.65. The Morgan fingerprint density at radius 2 is 2.50 bits per heavy atom. The van der Waals surface area contributed by atoms with E-state index in [1.165, 1.54) is 11.8 Å². The molecule has 0 saturated carbocycles. The van der Waals surface area contributed by atoms with E-state index >= 15 is 0 Å². The van der Waals surface area contributed by atoms with Crippen molar-refractivity contribution < 1.29 is 4.92 Å². The van der Waals surface area contributed by atoms with Crippen LogP contribution in [0.3, 0.4) is 0 Å². The van der Waals surface area contributed by atoms with Crippen LogP contribution in [0, 0.1) is 10.1 Å². The predicted octanol–water partition coefficient (Wildman–Crippen LogP) is 0.953. The van der Waals surface area contributed by atoms with Gasteiger partial charge in [0.15, 0.2) is 0 Å². The van der Waals surface area contributed by atoms with Crippen molar-refractivity contribution >= 4 is 28.2 Å². The number of hydrogen-bond donors (Lipinski definition) is 0. The lowest BCUT2D eigenvalue weighted by molar-refractivity contribution is -0.462. The van der Waals surface area contributed by atoms with Gasteiger partial charge in [0.1, 0.15) is 4.20 Å². The highest BCUT2D eigenvalue weighted by molar-refractivity contribution is 8.22. The van der Waals surface area contributed by atoms with Crippen LogP contribution in [-0.2, 0) is 0 Å². The fourth-order valence-electron chi connectivity index (χ4n) is 0.170. The van der Waals surface area contributed by atoms with E-state index in [4.69, 9.17) is 0 Å². The van der Waals surface area contributed by atoms with E-state index < -0.39 is 4.92 Å². The third-order valence-corrected chi connectivity index (χ3v) is 1.70. The molecule has 0 aliphatic carbocycles.